The molecular formula is C30H45F5N6O3. The number of allylic oxidation sites excluding steroid dienone is 5. The van der Waals surface area contributed by atoms with Crippen molar-refractivity contribution in [2.45, 2.75) is 92.9 Å². The Hall–Kier alpha value is -3.71. The Morgan fingerprint density at radius 3 is 2.02 bits per heavy atom. The van der Waals surface area contributed by atoms with Gasteiger partial charge in [-0.05, 0) is 66.5 Å². The van der Waals surface area contributed by atoms with Gasteiger partial charge >= 0.3 is 6.18 Å². The number of hydrogen-bond donors (Lipinski definition) is 0. The van der Waals surface area contributed by atoms with Crippen molar-refractivity contribution in [1.82, 2.24) is 15.0 Å². The third-order valence-corrected chi connectivity index (χ3v) is 6.01. The van der Waals surface area contributed by atoms with Crippen LogP contribution in [0.4, 0.5) is 22.0 Å². The van der Waals surface area contributed by atoms with E-state index in [1.165, 1.54) is 20.0 Å². The molecule has 0 saturated carbocycles. The molecule has 14 heteroatoms. The van der Waals surface area contributed by atoms with Crippen LogP contribution in [0.5, 0.6) is 0 Å². The molecule has 2 rings (SSSR count). The van der Waals surface area contributed by atoms with Gasteiger partial charge in [0.15, 0.2) is 0 Å². The van der Waals surface area contributed by atoms with Gasteiger partial charge in [-0.1, -0.05) is 12.1 Å². The minimum Gasteiger partial charge on any atom is -0.462 e. The summed E-state index contributed by atoms with van der Waals surface area (Å²) in [6.45, 7) is 15.8. The summed E-state index contributed by atoms with van der Waals surface area (Å²) >= 11 is 0. The normalized spacial score (nSPS) is 15.9. The fraction of sp³-hybridized carbons (Fsp3) is 0.600. The predicted molar refractivity (Wildman–Crippen MR) is 164 cm³/mol. The summed E-state index contributed by atoms with van der Waals surface area (Å²) in [6.07, 6.45) is -0.358. The van der Waals surface area contributed by atoms with Gasteiger partial charge in [0.25, 0.3) is 12.4 Å². The van der Waals surface area contributed by atoms with Crippen LogP contribution in [-0.2, 0) is 16.0 Å². The first-order valence-corrected chi connectivity index (χ1v) is 13.8. The second-order valence-corrected chi connectivity index (χ2v) is 10.9. The number of carbonyl (C=O) groups excluding carboxylic acids is 1. The molecule has 0 fully saturated rings. The summed E-state index contributed by atoms with van der Waals surface area (Å²) in [4.78, 5) is 27.3. The van der Waals surface area contributed by atoms with E-state index in [0.29, 0.717) is 65.8 Å². The molecule has 44 heavy (non-hydrogen) atoms. The molecule has 0 spiro atoms. The monoisotopic (exact) mass is 632 g/mol. The maximum Gasteiger partial charge on any atom is 0.433 e. The van der Waals surface area contributed by atoms with Crippen LogP contribution in [-0.4, -0.2) is 84.5 Å². The SMILES string of the molecule is CC(C)(C)OC=O.CCc1nc(\C(C=NC)=C(C)/N=C(C)\C=C(/C)C(C)(F)F)no1.CN=C(C1=C(C)N(C)CC1)C(F)(F)F. The minimum absolute atomic E-state index is 0.0508. The van der Waals surface area contributed by atoms with Gasteiger partial charge in [0.2, 0.25) is 11.7 Å². The highest BCUT2D eigenvalue weighted by Gasteiger charge is 2.39. The third kappa shape index (κ3) is 14.2. The van der Waals surface area contributed by atoms with Crippen molar-refractivity contribution in [3.05, 3.63) is 40.3 Å². The lowest BCUT2D eigenvalue weighted by Gasteiger charge is -2.14. The molecule has 0 aromatic carbocycles. The van der Waals surface area contributed by atoms with E-state index in [1.54, 1.807) is 41.1 Å². The zero-order valence-corrected chi connectivity index (χ0v) is 27.7. The van der Waals surface area contributed by atoms with E-state index in [0.717, 1.165) is 6.92 Å². The number of hydrogen-bond acceptors (Lipinski definition) is 9. The average molecular weight is 633 g/mol. The summed E-state index contributed by atoms with van der Waals surface area (Å²) in [5, 5.41) is 3.89. The van der Waals surface area contributed by atoms with Crippen LogP contribution in [0.2, 0.25) is 0 Å². The number of aryl methyl sites for hydroxylation is 1. The van der Waals surface area contributed by atoms with Crippen molar-refractivity contribution in [1.29, 1.82) is 0 Å². The van der Waals surface area contributed by atoms with E-state index < -0.39 is 17.8 Å². The number of aromatic nitrogens is 2. The lowest BCUT2D eigenvalue weighted by molar-refractivity contribution is -0.138. The number of nitrogens with zero attached hydrogens (tertiary/aromatic N) is 6. The molecule has 1 aliphatic rings. The van der Waals surface area contributed by atoms with Gasteiger partial charge in [-0.15, -0.1) is 0 Å². The fourth-order valence-corrected chi connectivity index (χ4v) is 3.47. The lowest BCUT2D eigenvalue weighted by atomic mass is 10.1. The maximum atomic E-state index is 13.2. The molecule has 1 aromatic rings. The Labute approximate surface area is 256 Å². The molecule has 0 atom stereocenters. The fourth-order valence-electron chi connectivity index (χ4n) is 3.47. The molecule has 0 saturated heterocycles. The number of halogens is 5. The summed E-state index contributed by atoms with van der Waals surface area (Å²) in [5.74, 6) is -1.98. The first-order valence-electron chi connectivity index (χ1n) is 13.8. The van der Waals surface area contributed by atoms with Gasteiger partial charge in [0.05, 0.1) is 11.3 Å². The largest absolute Gasteiger partial charge is 0.462 e. The molecule has 1 aromatic heterocycles. The van der Waals surface area contributed by atoms with E-state index in [2.05, 4.69) is 29.9 Å². The lowest BCUT2D eigenvalue weighted by Crippen LogP contribution is -2.25. The molecule has 0 N–H and O–H groups in total. The zero-order valence-electron chi connectivity index (χ0n) is 27.7. The van der Waals surface area contributed by atoms with Crippen molar-refractivity contribution in [2.75, 3.05) is 27.7 Å². The van der Waals surface area contributed by atoms with E-state index >= 15 is 0 Å². The summed E-state index contributed by atoms with van der Waals surface area (Å²) < 4.78 is 73.5. The standard InChI is InChI=1S/C16H22F2N4O.C9H13F3N2.C5H10O2/c1-7-14-21-15(22-23-14)13(9-19-6)12(4)20-11(3)8-10(2)16(5,17)18;1-6-7(4-5-14(6)3)8(13-2)9(10,11)12;1-5(2,3)7-4-6/h8-9H,7H2,1-6H3;4-5H2,1-3H3;4H,1-3H3/b10-8+,13-12-,19-9?,20-11-;;. The van der Waals surface area contributed by atoms with Crippen LogP contribution in [0.1, 0.15) is 80.4 Å². The maximum absolute atomic E-state index is 13.2. The Kier molecular flexibility index (Phi) is 16.1. The third-order valence-electron chi connectivity index (χ3n) is 6.01. The van der Waals surface area contributed by atoms with Gasteiger partial charge in [0, 0.05) is 64.2 Å². The Balaban J connectivity index is 0.000000741. The van der Waals surface area contributed by atoms with Crippen LogP contribution >= 0.6 is 0 Å². The molecule has 0 radical (unpaired) electrons. The molecule has 2 heterocycles. The molecule has 9 nitrogen and oxygen atoms in total. The van der Waals surface area contributed by atoms with Crippen LogP contribution in [0.15, 0.2) is 48.1 Å². The summed E-state index contributed by atoms with van der Waals surface area (Å²) in [6, 6.07) is 0. The highest BCUT2D eigenvalue weighted by Crippen LogP contribution is 2.30. The molecule has 0 bridgehead atoms. The molecule has 0 unspecified atom stereocenters. The highest BCUT2D eigenvalue weighted by atomic mass is 19.4. The molecule has 0 amide bonds. The van der Waals surface area contributed by atoms with Crippen LogP contribution in [0, 0.1) is 0 Å². The van der Waals surface area contributed by atoms with E-state index in [1.807, 2.05) is 32.6 Å². The topological polar surface area (TPSA) is 106 Å². The second-order valence-electron chi connectivity index (χ2n) is 10.9. The Morgan fingerprint density at radius 2 is 1.68 bits per heavy atom. The van der Waals surface area contributed by atoms with Crippen molar-refractivity contribution >= 4 is 29.7 Å². The predicted octanol–water partition coefficient (Wildman–Crippen LogP) is 7.31. The second kappa shape index (κ2) is 17.6. The Morgan fingerprint density at radius 1 is 1.09 bits per heavy atom. The minimum atomic E-state index is -4.34. The molecular weight excluding hydrogens is 587 g/mol. The van der Waals surface area contributed by atoms with Gasteiger partial charge < -0.3 is 14.2 Å². The molecule has 248 valence electrons. The Bertz CT molecular complexity index is 1280. The number of alkyl halides is 5. The van der Waals surface area contributed by atoms with Crippen molar-refractivity contribution < 1.29 is 36.0 Å². The van der Waals surface area contributed by atoms with Gasteiger partial charge in [-0.25, -0.2) is 8.78 Å². The van der Waals surface area contributed by atoms with Gasteiger partial charge in [0.1, 0.15) is 11.3 Å². The van der Waals surface area contributed by atoms with Gasteiger partial charge in [-0.2, -0.15) is 18.2 Å². The van der Waals surface area contributed by atoms with E-state index in [-0.39, 0.29) is 11.2 Å². The van der Waals surface area contributed by atoms with Crippen molar-refractivity contribution in [3.63, 3.8) is 0 Å². The first-order chi connectivity index (χ1) is 20.1. The first kappa shape index (κ1) is 40.3. The number of ether oxygens (including phenoxy) is 1. The molecule has 1 aliphatic heterocycles. The van der Waals surface area contributed by atoms with Gasteiger partial charge in [-0.3, -0.25) is 19.8 Å². The number of aliphatic imine (C=N–C) groups is 3. The molecule has 0 aliphatic carbocycles. The highest BCUT2D eigenvalue weighted by molar-refractivity contribution is 6.10. The van der Waals surface area contributed by atoms with Crippen molar-refractivity contribution in [2.24, 2.45) is 15.0 Å². The van der Waals surface area contributed by atoms with E-state index in [4.69, 9.17) is 4.52 Å². The number of carbonyl (C=O) groups is 1. The summed E-state index contributed by atoms with van der Waals surface area (Å²) in [7, 11) is 4.58. The number of rotatable bonds is 8. The summed E-state index contributed by atoms with van der Waals surface area (Å²) in [5.41, 5.74) is 1.50. The smallest absolute Gasteiger partial charge is 0.433 e. The van der Waals surface area contributed by atoms with Crippen LogP contribution in [0.25, 0.3) is 5.57 Å². The van der Waals surface area contributed by atoms with E-state index in [9.17, 15) is 26.7 Å². The average Bonchev–Trinajstić information content (AvgIpc) is 3.48. The van der Waals surface area contributed by atoms with Crippen LogP contribution in [0.3, 0.4) is 0 Å². The zero-order chi connectivity index (χ0) is 34.5. The van der Waals surface area contributed by atoms with Crippen molar-refractivity contribution in [3.8, 4) is 0 Å². The quantitative estimate of drug-likeness (QED) is 0.169. The van der Waals surface area contributed by atoms with Crippen LogP contribution < -0.4 is 0 Å².